The van der Waals surface area contributed by atoms with Crippen LogP contribution in [0.2, 0.25) is 0 Å². The largest absolute Gasteiger partial charge is 0.378 e. The summed E-state index contributed by atoms with van der Waals surface area (Å²) in [5.74, 6) is -0.193. The summed E-state index contributed by atoms with van der Waals surface area (Å²) < 4.78 is 19.0. The molecule has 0 spiro atoms. The van der Waals surface area contributed by atoms with Crippen LogP contribution in [0.25, 0.3) is 11.1 Å². The molecule has 2 N–H and O–H groups in total. The zero-order valence-corrected chi connectivity index (χ0v) is 16.2. The van der Waals surface area contributed by atoms with Gasteiger partial charge in [-0.25, -0.2) is 9.37 Å². The molecule has 0 radical (unpaired) electrons. The van der Waals surface area contributed by atoms with Gasteiger partial charge in [0.25, 0.3) is 5.91 Å². The third-order valence-electron chi connectivity index (χ3n) is 5.78. The second kappa shape index (κ2) is 7.97. The minimum atomic E-state index is -0.540. The molecule has 2 aliphatic heterocycles. The summed E-state index contributed by atoms with van der Waals surface area (Å²) in [4.78, 5) is 18.8. The highest BCUT2D eigenvalue weighted by molar-refractivity contribution is 5.92. The molecule has 1 amide bonds. The van der Waals surface area contributed by atoms with Crippen molar-refractivity contribution in [1.29, 1.82) is 0 Å². The zero-order valence-electron chi connectivity index (χ0n) is 16.2. The van der Waals surface area contributed by atoms with Crippen LogP contribution >= 0.6 is 0 Å². The van der Waals surface area contributed by atoms with E-state index >= 15 is 0 Å². The smallest absolute Gasteiger partial charge is 0.267 e. The average Bonchev–Trinajstić information content (AvgIpc) is 2.67. The number of rotatable bonds is 4. The molecule has 1 aromatic carbocycles. The molecule has 1 fully saturated rings. The fourth-order valence-electron chi connectivity index (χ4n) is 4.39. The topological polar surface area (TPSA) is 68.5 Å². The van der Waals surface area contributed by atoms with Crippen LogP contribution in [0.15, 0.2) is 30.3 Å². The summed E-state index contributed by atoms with van der Waals surface area (Å²) in [6.07, 6.45) is 3.34. The zero-order chi connectivity index (χ0) is 19.7. The number of amides is 1. The lowest BCUT2D eigenvalue weighted by molar-refractivity contribution is -0.00664. The highest BCUT2D eigenvalue weighted by Gasteiger charge is 2.27. The van der Waals surface area contributed by atoms with E-state index in [0.29, 0.717) is 18.6 Å². The first-order chi connectivity index (χ1) is 13.5. The predicted octanol–water partition coefficient (Wildman–Crippen LogP) is 3.16. The maximum atomic E-state index is 13.3. The number of fused-ring (bicyclic) bond motifs is 1. The molecule has 4 rings (SSSR count). The third kappa shape index (κ3) is 4.08. The normalized spacial score (nSPS) is 22.6. The monoisotopic (exact) mass is 383 g/mol. The van der Waals surface area contributed by atoms with Crippen LogP contribution in [0.3, 0.4) is 0 Å². The van der Waals surface area contributed by atoms with Gasteiger partial charge in [-0.2, -0.15) is 0 Å². The first kappa shape index (κ1) is 19.0. The van der Waals surface area contributed by atoms with Crippen molar-refractivity contribution >= 4 is 5.91 Å². The van der Waals surface area contributed by atoms with Crippen LogP contribution < -0.4 is 5.73 Å². The molecule has 0 saturated carbocycles. The standard InChI is InChI=1S/C22H26FN3O2/c1-14-10-15(7-9-28-14)12-26-8-6-18-19(16-2-4-17(23)5-3-16)11-20(22(24)27)25-21(18)13-26/h2-5,11,14-15H,6-10,12-13H2,1H3,(H2,24,27)/t14-,15-/m0/s1. The minimum absolute atomic E-state index is 0.264. The number of ether oxygens (including phenoxy) is 1. The van der Waals surface area contributed by atoms with Crippen molar-refractivity contribution in [2.24, 2.45) is 11.7 Å². The predicted molar refractivity (Wildman–Crippen MR) is 105 cm³/mol. The SMILES string of the molecule is C[C@H]1C[C@@H](CN2CCc3c(-c4ccc(F)cc4)cc(C(N)=O)nc3C2)CCO1. The molecule has 1 aromatic heterocycles. The van der Waals surface area contributed by atoms with Gasteiger partial charge in [0.05, 0.1) is 11.8 Å². The highest BCUT2D eigenvalue weighted by atomic mass is 19.1. The van der Waals surface area contributed by atoms with E-state index in [1.165, 1.54) is 12.1 Å². The summed E-state index contributed by atoms with van der Waals surface area (Å²) in [5.41, 5.74) is 9.64. The van der Waals surface area contributed by atoms with E-state index < -0.39 is 5.91 Å². The molecule has 1 saturated heterocycles. The lowest BCUT2D eigenvalue weighted by atomic mass is 9.91. The Morgan fingerprint density at radius 1 is 1.36 bits per heavy atom. The van der Waals surface area contributed by atoms with E-state index in [9.17, 15) is 9.18 Å². The highest BCUT2D eigenvalue weighted by Crippen LogP contribution is 2.31. The van der Waals surface area contributed by atoms with Crippen molar-refractivity contribution in [3.05, 3.63) is 53.1 Å². The van der Waals surface area contributed by atoms with Crippen LogP contribution in [-0.4, -0.2) is 41.6 Å². The molecule has 6 heteroatoms. The molecule has 0 unspecified atom stereocenters. The lowest BCUT2D eigenvalue weighted by Crippen LogP contribution is -2.38. The fourth-order valence-corrected chi connectivity index (χ4v) is 4.39. The molecular weight excluding hydrogens is 357 g/mol. The molecular formula is C22H26FN3O2. The van der Waals surface area contributed by atoms with Gasteiger partial charge in [-0.15, -0.1) is 0 Å². The molecule has 148 valence electrons. The quantitative estimate of drug-likeness (QED) is 0.881. The van der Waals surface area contributed by atoms with Crippen LogP contribution in [0, 0.1) is 11.7 Å². The number of primary amides is 1. The number of pyridine rings is 1. The van der Waals surface area contributed by atoms with E-state index in [4.69, 9.17) is 10.5 Å². The van der Waals surface area contributed by atoms with Gasteiger partial charge >= 0.3 is 0 Å². The second-order valence-corrected chi connectivity index (χ2v) is 7.91. The Bertz CT molecular complexity index is 869. The Labute approximate surface area is 164 Å². The van der Waals surface area contributed by atoms with Crippen LogP contribution in [0.4, 0.5) is 4.39 Å². The Morgan fingerprint density at radius 3 is 2.86 bits per heavy atom. The maximum Gasteiger partial charge on any atom is 0.267 e. The van der Waals surface area contributed by atoms with E-state index in [0.717, 1.165) is 61.3 Å². The summed E-state index contributed by atoms with van der Waals surface area (Å²) in [6.45, 7) is 5.63. The number of halogens is 1. The van der Waals surface area contributed by atoms with Gasteiger partial charge < -0.3 is 10.5 Å². The summed E-state index contributed by atoms with van der Waals surface area (Å²) >= 11 is 0. The molecule has 0 bridgehead atoms. The second-order valence-electron chi connectivity index (χ2n) is 7.91. The van der Waals surface area contributed by atoms with Crippen molar-refractivity contribution in [2.45, 2.75) is 38.8 Å². The average molecular weight is 383 g/mol. The summed E-state index contributed by atoms with van der Waals surface area (Å²) in [6, 6.07) is 8.10. The van der Waals surface area contributed by atoms with Crippen molar-refractivity contribution in [2.75, 3.05) is 19.7 Å². The Hall–Kier alpha value is -2.31. The molecule has 2 atom stereocenters. The van der Waals surface area contributed by atoms with Crippen LogP contribution in [-0.2, 0) is 17.7 Å². The first-order valence-corrected chi connectivity index (χ1v) is 9.92. The molecule has 2 aliphatic rings. The number of benzene rings is 1. The molecule has 28 heavy (non-hydrogen) atoms. The van der Waals surface area contributed by atoms with E-state index in [1.54, 1.807) is 18.2 Å². The summed E-state index contributed by atoms with van der Waals surface area (Å²) in [5, 5.41) is 0. The Balaban J connectivity index is 1.61. The lowest BCUT2D eigenvalue weighted by Gasteiger charge is -2.35. The number of nitrogens with zero attached hydrogens (tertiary/aromatic N) is 2. The van der Waals surface area contributed by atoms with Gasteiger partial charge in [0.1, 0.15) is 11.5 Å². The van der Waals surface area contributed by atoms with Gasteiger partial charge in [0.15, 0.2) is 0 Å². The summed E-state index contributed by atoms with van der Waals surface area (Å²) in [7, 11) is 0. The van der Waals surface area contributed by atoms with Crippen LogP contribution in [0.1, 0.15) is 41.5 Å². The number of hydrogen-bond donors (Lipinski definition) is 1. The van der Waals surface area contributed by atoms with Gasteiger partial charge in [0, 0.05) is 26.2 Å². The number of hydrogen-bond acceptors (Lipinski definition) is 4. The molecule has 5 nitrogen and oxygen atoms in total. The van der Waals surface area contributed by atoms with Gasteiger partial charge in [0.2, 0.25) is 0 Å². The molecule has 2 aromatic rings. The van der Waals surface area contributed by atoms with Crippen molar-refractivity contribution < 1.29 is 13.9 Å². The van der Waals surface area contributed by atoms with Crippen molar-refractivity contribution in [1.82, 2.24) is 9.88 Å². The number of nitrogens with two attached hydrogens (primary N) is 1. The molecule has 3 heterocycles. The van der Waals surface area contributed by atoms with Gasteiger partial charge in [-0.05, 0) is 67.0 Å². The van der Waals surface area contributed by atoms with E-state index in [2.05, 4.69) is 16.8 Å². The first-order valence-electron chi connectivity index (χ1n) is 9.92. The number of carbonyl (C=O) groups is 1. The van der Waals surface area contributed by atoms with E-state index in [-0.39, 0.29) is 11.5 Å². The van der Waals surface area contributed by atoms with Crippen LogP contribution in [0.5, 0.6) is 0 Å². The van der Waals surface area contributed by atoms with Gasteiger partial charge in [-0.3, -0.25) is 9.69 Å². The van der Waals surface area contributed by atoms with Crippen molar-refractivity contribution in [3.63, 3.8) is 0 Å². The molecule has 0 aliphatic carbocycles. The Kier molecular flexibility index (Phi) is 5.42. The third-order valence-corrected chi connectivity index (χ3v) is 5.78. The minimum Gasteiger partial charge on any atom is -0.378 e. The van der Waals surface area contributed by atoms with Gasteiger partial charge in [-0.1, -0.05) is 12.1 Å². The van der Waals surface area contributed by atoms with Crippen molar-refractivity contribution in [3.8, 4) is 11.1 Å². The number of aromatic nitrogens is 1. The van der Waals surface area contributed by atoms with E-state index in [1.807, 2.05) is 0 Å². The maximum absolute atomic E-state index is 13.3. The Morgan fingerprint density at radius 2 is 2.14 bits per heavy atom. The number of carbonyl (C=O) groups excluding carboxylic acids is 1. The fraction of sp³-hybridized carbons (Fsp3) is 0.455.